The zero-order valence-electron chi connectivity index (χ0n) is 78.9. The molecule has 3 N–H and O–H groups in total. The molecule has 4 aliphatic heterocycles. The van der Waals surface area contributed by atoms with Crippen molar-refractivity contribution in [2.45, 2.75) is 393 Å². The highest BCUT2D eigenvalue weighted by atomic mass is 32.1. The fourth-order valence-electron chi connectivity index (χ4n) is 21.0. The first-order valence-corrected chi connectivity index (χ1v) is 52.3. The van der Waals surface area contributed by atoms with Gasteiger partial charge in [0.1, 0.15) is 14.6 Å². The van der Waals surface area contributed by atoms with Crippen LogP contribution in [0.2, 0.25) is 0 Å². The Morgan fingerprint density at radius 3 is 0.938 bits per heavy atom. The Bertz CT molecular complexity index is 4280. The number of amides is 3. The molecule has 722 valence electrons. The first kappa shape index (κ1) is 103. The van der Waals surface area contributed by atoms with Crippen LogP contribution in [0.5, 0.6) is 0 Å². The average Bonchev–Trinajstić information content (AvgIpc) is 1.64. The second kappa shape index (κ2) is 49.8. The summed E-state index contributed by atoms with van der Waals surface area (Å²) in [6.07, 6.45) is 39.8. The molecule has 0 bridgehead atoms. The van der Waals surface area contributed by atoms with Crippen molar-refractivity contribution in [2.24, 2.45) is 51.8 Å². The highest BCUT2D eigenvalue weighted by molar-refractivity contribution is 7.16. The van der Waals surface area contributed by atoms with Gasteiger partial charge in [-0.15, -0.1) is 34.0 Å². The molecule has 2 atom stereocenters. The lowest BCUT2D eigenvalue weighted by molar-refractivity contribution is -0.125. The molecule has 7 heterocycles. The summed E-state index contributed by atoms with van der Waals surface area (Å²) >= 11 is 3.54. The van der Waals surface area contributed by atoms with Crippen LogP contribution in [0, 0.1) is 87.3 Å². The Hall–Kier alpha value is -5.80. The Kier molecular flexibility index (Phi) is 39.5. The standard InChI is InChI=1S/C36H53NO6S.C34H49NO7S.C34H49NO6S.CH4/c1-25-8-10-26(11-9-25)34(38)37(27-12-14-30(15-13-27)43-29-6-4-5-7-29)32-24-31(44-33(32)35(39)40)16-19-36(2,3)20-23-42-28-17-21-41-22-18-28;1-23-4-6-24(7-5-23)32(36)35(25-8-10-27(11-9-25)42-28-15-19-40-21-28)30-20-29(43-31(30)33(37)38)12-16-34(2,3)22-41-26-13-17-39-18-14-26;1-23-8-10-24(11-9-23)32(36)35(25-12-14-27(15-13-25)41-26-6-4-5-7-26)30-20-29(42-31(30)33(37)38)16-18-34(2,3)22-40-28-17-19-39-21-28;/h24-30H,4-15,17-18,20-23H2,1-3H3,(H,39,40);20,23-28H,4-11,13-15,17-19,21-22H2,1-3H3,(H,37,38);20,23-28H,4-15,17,19,21-22H2,1-3H3,(H,37,38);1H4. The molecular weight excluding hydrogens is 1700 g/mol. The van der Waals surface area contributed by atoms with E-state index in [1.807, 2.05) is 60.6 Å². The molecule has 4 saturated heterocycles. The van der Waals surface area contributed by atoms with Crippen LogP contribution in [0.25, 0.3) is 0 Å². The van der Waals surface area contributed by atoms with Crippen LogP contribution < -0.4 is 14.7 Å². The number of anilines is 3. The molecular formula is C105H155N3O19S3. The minimum atomic E-state index is -1.01. The van der Waals surface area contributed by atoms with Crippen molar-refractivity contribution in [3.05, 3.63) is 47.5 Å². The van der Waals surface area contributed by atoms with Gasteiger partial charge >= 0.3 is 17.9 Å². The van der Waals surface area contributed by atoms with E-state index >= 15 is 0 Å². The molecule has 8 aliphatic carbocycles. The van der Waals surface area contributed by atoms with E-state index in [9.17, 15) is 44.1 Å². The molecule has 0 spiro atoms. The first-order chi connectivity index (χ1) is 62.0. The van der Waals surface area contributed by atoms with E-state index in [1.165, 1.54) is 59.7 Å². The number of hydrogen-bond donors (Lipinski definition) is 3. The number of nitrogens with zero attached hydrogens (tertiary/aromatic N) is 3. The molecule has 0 radical (unpaired) electrons. The summed E-state index contributed by atoms with van der Waals surface area (Å²) in [5.41, 5.74) is 0.486. The second-order valence-electron chi connectivity index (χ2n) is 41.6. The zero-order valence-corrected chi connectivity index (χ0v) is 81.4. The number of thiophene rings is 3. The average molecular weight is 1860 g/mol. The summed E-state index contributed by atoms with van der Waals surface area (Å²) in [5.74, 6) is 18.8. The molecule has 3 amide bonds. The van der Waals surface area contributed by atoms with Crippen LogP contribution in [-0.4, -0.2) is 197 Å². The number of carbonyl (C=O) groups is 6. The summed E-state index contributed by atoms with van der Waals surface area (Å²) in [7, 11) is 0. The number of carboxylic acids is 3. The van der Waals surface area contributed by atoms with Gasteiger partial charge in [0.05, 0.1) is 113 Å². The van der Waals surface area contributed by atoms with Gasteiger partial charge in [-0.3, -0.25) is 14.4 Å². The Labute approximate surface area is 788 Å². The van der Waals surface area contributed by atoms with E-state index in [2.05, 4.69) is 70.1 Å². The largest absolute Gasteiger partial charge is 0.477 e. The summed E-state index contributed by atoms with van der Waals surface area (Å²) in [5, 5.41) is 30.8. The molecule has 130 heavy (non-hydrogen) atoms. The fourth-order valence-corrected chi connectivity index (χ4v) is 23.5. The maximum Gasteiger partial charge on any atom is 0.348 e. The van der Waals surface area contributed by atoms with Crippen molar-refractivity contribution in [3.63, 3.8) is 0 Å². The molecule has 25 heteroatoms. The van der Waals surface area contributed by atoms with Crippen LogP contribution in [0.4, 0.5) is 17.1 Å². The minimum Gasteiger partial charge on any atom is -0.477 e. The lowest BCUT2D eigenvalue weighted by Crippen LogP contribution is -2.47. The zero-order chi connectivity index (χ0) is 91.2. The SMILES string of the molecule is C.CC1CCC(C(=O)N(c2cc(C#CC(C)(C)CCOC3CCOCC3)sc2C(=O)O)C2CCC(OC3CCCC3)CC2)CC1.CC1CCC(C(=O)N(c2cc(C#CC(C)(C)COC3CCOC3)sc2C(=O)O)C2CCC(OC3CCCC3)CC2)CC1.CC1CCC(C(=O)N(c2cc(C#CC(C)(C)COC3CCOCC3)sc2C(=O)O)C2CCC(OC3CCOC3)CC2)CC1. The monoisotopic (exact) mass is 1860 g/mol. The van der Waals surface area contributed by atoms with E-state index in [-0.39, 0.29) is 124 Å². The maximum atomic E-state index is 14.3. The number of ether oxygens (including phenoxy) is 10. The van der Waals surface area contributed by atoms with Gasteiger partial charge in [0.15, 0.2) is 0 Å². The summed E-state index contributed by atoms with van der Waals surface area (Å²) < 4.78 is 59.2. The van der Waals surface area contributed by atoms with E-state index in [4.69, 9.17) is 47.4 Å². The Balaban J connectivity index is 0.000000176. The predicted octanol–water partition coefficient (Wildman–Crippen LogP) is 21.8. The molecule has 2 unspecified atom stereocenters. The molecule has 3 aromatic heterocycles. The van der Waals surface area contributed by atoms with Crippen molar-refractivity contribution in [3.8, 4) is 35.5 Å². The Morgan fingerprint density at radius 1 is 0.346 bits per heavy atom. The number of carboxylic acid groups (broad SMARTS) is 3. The van der Waals surface area contributed by atoms with Crippen LogP contribution in [0.15, 0.2) is 18.2 Å². The summed E-state index contributed by atoms with van der Waals surface area (Å²) in [6.45, 7) is 26.5. The van der Waals surface area contributed by atoms with Crippen molar-refractivity contribution in [1.82, 2.24) is 0 Å². The van der Waals surface area contributed by atoms with E-state index in [0.29, 0.717) is 94.7 Å². The molecule has 8 saturated carbocycles. The Morgan fingerprint density at radius 2 is 0.623 bits per heavy atom. The van der Waals surface area contributed by atoms with Crippen molar-refractivity contribution < 1.29 is 91.5 Å². The quantitative estimate of drug-likeness (QED) is 0.0570. The van der Waals surface area contributed by atoms with Crippen LogP contribution in [0.3, 0.4) is 0 Å². The number of aromatic carboxylic acids is 3. The lowest BCUT2D eigenvalue weighted by atomic mass is 9.81. The van der Waals surface area contributed by atoms with E-state index in [1.54, 1.807) is 0 Å². The van der Waals surface area contributed by atoms with Crippen LogP contribution in [-0.2, 0) is 61.8 Å². The maximum absolute atomic E-state index is 14.3. The van der Waals surface area contributed by atoms with Gasteiger partial charge in [-0.1, -0.05) is 89.4 Å². The summed E-state index contributed by atoms with van der Waals surface area (Å²) in [4.78, 5) is 88.7. The number of carbonyl (C=O) groups excluding carboxylic acids is 3. The van der Waals surface area contributed by atoms with Gasteiger partial charge in [0.25, 0.3) is 0 Å². The van der Waals surface area contributed by atoms with Crippen LogP contribution in [0.1, 0.15) is 364 Å². The number of hydrogen-bond acceptors (Lipinski definition) is 19. The van der Waals surface area contributed by atoms with Gasteiger partial charge in [-0.2, -0.15) is 0 Å². The lowest BCUT2D eigenvalue weighted by Gasteiger charge is -2.40. The van der Waals surface area contributed by atoms with Gasteiger partial charge in [-0.05, 0) is 302 Å². The highest BCUT2D eigenvalue weighted by Gasteiger charge is 2.44. The molecule has 12 aliphatic rings. The van der Waals surface area contributed by atoms with Crippen molar-refractivity contribution in [1.29, 1.82) is 0 Å². The van der Waals surface area contributed by atoms with Gasteiger partial charge in [0, 0.05) is 98.4 Å². The molecule has 0 aromatic carbocycles. The topological polar surface area (TPSA) is 265 Å². The van der Waals surface area contributed by atoms with E-state index in [0.717, 1.165) is 264 Å². The number of rotatable bonds is 28. The second-order valence-corrected chi connectivity index (χ2v) is 44.8. The van der Waals surface area contributed by atoms with Gasteiger partial charge in [0.2, 0.25) is 17.7 Å². The molecule has 3 aromatic rings. The third-order valence-corrected chi connectivity index (χ3v) is 32.3. The summed E-state index contributed by atoms with van der Waals surface area (Å²) in [6, 6.07) is 5.49. The highest BCUT2D eigenvalue weighted by Crippen LogP contribution is 2.46. The van der Waals surface area contributed by atoms with Crippen molar-refractivity contribution in [2.75, 3.05) is 87.4 Å². The van der Waals surface area contributed by atoms with E-state index < -0.39 is 28.7 Å². The smallest absolute Gasteiger partial charge is 0.348 e. The first-order valence-electron chi connectivity index (χ1n) is 49.9. The minimum absolute atomic E-state index is 0. The normalized spacial score (nSPS) is 27.9. The fraction of sp³-hybridized carbons (Fsp3) is 0.771. The van der Waals surface area contributed by atoms with Gasteiger partial charge < -0.3 is 77.4 Å². The molecule has 15 rings (SSSR count). The van der Waals surface area contributed by atoms with Crippen molar-refractivity contribution >= 4 is 86.7 Å². The molecule has 22 nitrogen and oxygen atoms in total. The predicted molar refractivity (Wildman–Crippen MR) is 513 cm³/mol. The molecule has 12 fully saturated rings. The third kappa shape index (κ3) is 30.3. The van der Waals surface area contributed by atoms with Gasteiger partial charge in [-0.25, -0.2) is 14.4 Å². The van der Waals surface area contributed by atoms with Crippen LogP contribution >= 0.6 is 34.0 Å². The third-order valence-electron chi connectivity index (χ3n) is 29.2.